The van der Waals surface area contributed by atoms with Crippen LogP contribution in [-0.4, -0.2) is 43.1 Å². The van der Waals surface area contributed by atoms with E-state index in [0.717, 1.165) is 24.2 Å². The van der Waals surface area contributed by atoms with Crippen molar-refractivity contribution in [2.24, 2.45) is 0 Å². The number of hydrogen-bond acceptors (Lipinski definition) is 4. The van der Waals surface area contributed by atoms with Gasteiger partial charge in [0, 0.05) is 31.4 Å². The Labute approximate surface area is 109 Å². The van der Waals surface area contributed by atoms with Crippen molar-refractivity contribution in [2.75, 3.05) is 20.1 Å². The van der Waals surface area contributed by atoms with Crippen molar-refractivity contribution in [2.45, 2.75) is 38.8 Å². The first kappa shape index (κ1) is 15.1. The summed E-state index contributed by atoms with van der Waals surface area (Å²) in [6.45, 7) is 7.50. The number of hydrogen-bond donors (Lipinski definition) is 2. The molecule has 0 aliphatic carbocycles. The molecule has 0 fully saturated rings. The second-order valence-corrected chi connectivity index (χ2v) is 6.19. The zero-order valence-corrected chi connectivity index (χ0v) is 12.3. The lowest BCUT2D eigenvalue weighted by molar-refractivity contribution is 0.481. The van der Waals surface area contributed by atoms with Crippen LogP contribution in [0.4, 0.5) is 0 Å². The molecule has 6 nitrogen and oxygen atoms in total. The quantitative estimate of drug-likeness (QED) is 0.723. The Kier molecular flexibility index (Phi) is 5.30. The van der Waals surface area contributed by atoms with Crippen LogP contribution >= 0.6 is 0 Å². The molecule has 0 aliphatic rings. The number of aromatic nitrogens is 2. The number of aromatic amines is 1. The highest BCUT2D eigenvalue weighted by Gasteiger charge is 2.26. The van der Waals surface area contributed by atoms with E-state index in [0.29, 0.717) is 13.1 Å². The predicted octanol–water partition coefficient (Wildman–Crippen LogP) is 0.858. The average Bonchev–Trinajstić information content (AvgIpc) is 2.71. The number of nitrogens with one attached hydrogen (secondary N) is 2. The highest BCUT2D eigenvalue weighted by Crippen LogP contribution is 2.19. The summed E-state index contributed by atoms with van der Waals surface area (Å²) in [7, 11) is -1.93. The van der Waals surface area contributed by atoms with Crippen LogP contribution in [0.1, 0.15) is 31.5 Å². The summed E-state index contributed by atoms with van der Waals surface area (Å²) in [5.74, 6) is 0. The zero-order valence-electron chi connectivity index (χ0n) is 11.4. The van der Waals surface area contributed by atoms with Gasteiger partial charge in [0.2, 0.25) is 0 Å². The molecule has 0 bridgehead atoms. The predicted molar refractivity (Wildman–Crippen MR) is 70.8 cm³/mol. The highest BCUT2D eigenvalue weighted by atomic mass is 32.2. The standard InChI is InChI=1S/C11H22N4O2S/c1-5-7-12-8-10-9(3)13-14-11(10)18(16,17)15(4)6-2/h12H,5-8H2,1-4H3,(H,13,14). The van der Waals surface area contributed by atoms with Crippen molar-refractivity contribution in [3.63, 3.8) is 0 Å². The topological polar surface area (TPSA) is 78.1 Å². The van der Waals surface area contributed by atoms with E-state index in [1.54, 1.807) is 14.0 Å². The minimum Gasteiger partial charge on any atom is -0.313 e. The van der Waals surface area contributed by atoms with Gasteiger partial charge in [0.1, 0.15) is 0 Å². The lowest BCUT2D eigenvalue weighted by Gasteiger charge is -2.14. The minimum absolute atomic E-state index is 0.132. The molecular formula is C11H22N4O2S. The van der Waals surface area contributed by atoms with Gasteiger partial charge in [-0.05, 0) is 19.9 Å². The third kappa shape index (κ3) is 3.09. The Bertz CT molecular complexity index is 481. The van der Waals surface area contributed by atoms with Crippen LogP contribution in [0.3, 0.4) is 0 Å². The first-order valence-corrected chi connectivity index (χ1v) is 7.60. The molecular weight excluding hydrogens is 252 g/mol. The van der Waals surface area contributed by atoms with Gasteiger partial charge in [-0.2, -0.15) is 9.40 Å². The molecule has 2 N–H and O–H groups in total. The largest absolute Gasteiger partial charge is 0.313 e. The molecule has 1 aromatic heterocycles. The summed E-state index contributed by atoms with van der Waals surface area (Å²) in [4.78, 5) is 0. The van der Waals surface area contributed by atoms with E-state index in [1.165, 1.54) is 4.31 Å². The lowest BCUT2D eigenvalue weighted by Crippen LogP contribution is -2.28. The molecule has 1 aromatic rings. The molecule has 0 aliphatic heterocycles. The Morgan fingerprint density at radius 1 is 1.39 bits per heavy atom. The summed E-state index contributed by atoms with van der Waals surface area (Å²) in [5, 5.41) is 10.0. The summed E-state index contributed by atoms with van der Waals surface area (Å²) in [6.07, 6.45) is 1.01. The molecule has 0 aromatic carbocycles. The van der Waals surface area contributed by atoms with Crippen LogP contribution in [-0.2, 0) is 16.6 Å². The van der Waals surface area contributed by atoms with Crippen molar-refractivity contribution in [1.82, 2.24) is 19.8 Å². The van der Waals surface area contributed by atoms with Gasteiger partial charge in [0.25, 0.3) is 10.0 Å². The van der Waals surface area contributed by atoms with E-state index in [2.05, 4.69) is 22.4 Å². The van der Waals surface area contributed by atoms with Crippen LogP contribution in [0.15, 0.2) is 5.03 Å². The van der Waals surface area contributed by atoms with Crippen molar-refractivity contribution >= 4 is 10.0 Å². The van der Waals surface area contributed by atoms with Gasteiger partial charge in [-0.1, -0.05) is 13.8 Å². The van der Waals surface area contributed by atoms with Crippen molar-refractivity contribution in [1.29, 1.82) is 0 Å². The molecule has 18 heavy (non-hydrogen) atoms. The average molecular weight is 274 g/mol. The first-order chi connectivity index (χ1) is 8.45. The molecule has 104 valence electrons. The molecule has 0 amide bonds. The lowest BCUT2D eigenvalue weighted by atomic mass is 10.2. The van der Waals surface area contributed by atoms with Crippen LogP contribution in [0, 0.1) is 6.92 Å². The van der Waals surface area contributed by atoms with Crippen molar-refractivity contribution in [3.05, 3.63) is 11.3 Å². The van der Waals surface area contributed by atoms with Crippen LogP contribution in [0.2, 0.25) is 0 Å². The Hall–Kier alpha value is -0.920. The first-order valence-electron chi connectivity index (χ1n) is 6.16. The van der Waals surface area contributed by atoms with Gasteiger partial charge < -0.3 is 5.32 Å². The molecule has 7 heteroatoms. The zero-order chi connectivity index (χ0) is 13.8. The molecule has 0 saturated heterocycles. The van der Waals surface area contributed by atoms with Crippen LogP contribution in [0.5, 0.6) is 0 Å². The Morgan fingerprint density at radius 3 is 2.61 bits per heavy atom. The molecule has 1 rings (SSSR count). The fraction of sp³-hybridized carbons (Fsp3) is 0.727. The van der Waals surface area contributed by atoms with E-state index in [9.17, 15) is 8.42 Å². The van der Waals surface area contributed by atoms with Gasteiger partial charge in [-0.25, -0.2) is 8.42 Å². The van der Waals surface area contributed by atoms with Gasteiger partial charge in [-0.3, -0.25) is 5.10 Å². The smallest absolute Gasteiger partial charge is 0.262 e. The second kappa shape index (κ2) is 6.31. The number of rotatable bonds is 7. The molecule has 1 heterocycles. The molecule has 0 saturated carbocycles. The third-order valence-corrected chi connectivity index (χ3v) is 4.77. The minimum atomic E-state index is -3.49. The second-order valence-electron chi connectivity index (χ2n) is 4.23. The van der Waals surface area contributed by atoms with Crippen molar-refractivity contribution < 1.29 is 8.42 Å². The van der Waals surface area contributed by atoms with Crippen LogP contribution in [0.25, 0.3) is 0 Å². The Balaban J connectivity index is 3.03. The number of aryl methyl sites for hydroxylation is 1. The van der Waals surface area contributed by atoms with E-state index >= 15 is 0 Å². The highest BCUT2D eigenvalue weighted by molar-refractivity contribution is 7.89. The number of nitrogens with zero attached hydrogens (tertiary/aromatic N) is 2. The van der Waals surface area contributed by atoms with Gasteiger partial charge in [0.05, 0.1) is 0 Å². The summed E-state index contributed by atoms with van der Waals surface area (Å²) >= 11 is 0. The monoisotopic (exact) mass is 274 g/mol. The maximum atomic E-state index is 12.2. The molecule has 0 radical (unpaired) electrons. The number of sulfonamides is 1. The van der Waals surface area contributed by atoms with Crippen molar-refractivity contribution in [3.8, 4) is 0 Å². The summed E-state index contributed by atoms with van der Waals surface area (Å²) in [5.41, 5.74) is 1.52. The van der Waals surface area contributed by atoms with E-state index < -0.39 is 10.0 Å². The third-order valence-electron chi connectivity index (χ3n) is 2.86. The van der Waals surface area contributed by atoms with Gasteiger partial charge in [-0.15, -0.1) is 0 Å². The normalized spacial score (nSPS) is 12.3. The molecule has 0 spiro atoms. The molecule has 0 unspecified atom stereocenters. The summed E-state index contributed by atoms with van der Waals surface area (Å²) < 4.78 is 25.8. The van der Waals surface area contributed by atoms with E-state index in [1.807, 2.05) is 6.92 Å². The van der Waals surface area contributed by atoms with Gasteiger partial charge in [0.15, 0.2) is 5.03 Å². The fourth-order valence-corrected chi connectivity index (χ4v) is 2.89. The van der Waals surface area contributed by atoms with E-state index in [4.69, 9.17) is 0 Å². The van der Waals surface area contributed by atoms with E-state index in [-0.39, 0.29) is 5.03 Å². The Morgan fingerprint density at radius 2 is 2.06 bits per heavy atom. The number of H-pyrrole nitrogens is 1. The maximum Gasteiger partial charge on any atom is 0.262 e. The van der Waals surface area contributed by atoms with Gasteiger partial charge >= 0.3 is 0 Å². The van der Waals surface area contributed by atoms with Crippen LogP contribution < -0.4 is 5.32 Å². The summed E-state index contributed by atoms with van der Waals surface area (Å²) in [6, 6.07) is 0. The SMILES string of the molecule is CCCNCc1c(S(=O)(=O)N(C)CC)n[nH]c1C. The fourth-order valence-electron chi connectivity index (χ4n) is 1.56. The molecule has 0 atom stereocenters. The maximum absolute atomic E-state index is 12.2.